The lowest BCUT2D eigenvalue weighted by Gasteiger charge is -2.42. The Hall–Kier alpha value is -1.13. The summed E-state index contributed by atoms with van der Waals surface area (Å²) in [5.41, 5.74) is 1.09. The molecule has 0 aromatic carbocycles. The molecule has 2 atom stereocenters. The Kier molecular flexibility index (Phi) is 5.38. The first kappa shape index (κ1) is 15.3. The third kappa shape index (κ3) is 3.70. The minimum Gasteiger partial charge on any atom is -0.481 e. The molecular weight excluding hydrogens is 250 g/mol. The SMILES string of the molecule is CCC1CN(Cc2cccc(OC)n2)C(C(C)C)CN1. The molecule has 4 heteroatoms. The van der Waals surface area contributed by atoms with Gasteiger partial charge in [-0.15, -0.1) is 0 Å². The van der Waals surface area contributed by atoms with Crippen LogP contribution in [0.5, 0.6) is 5.88 Å². The number of hydrogen-bond acceptors (Lipinski definition) is 4. The van der Waals surface area contributed by atoms with Gasteiger partial charge in [0.1, 0.15) is 0 Å². The first-order chi connectivity index (χ1) is 9.63. The Morgan fingerprint density at radius 1 is 1.45 bits per heavy atom. The van der Waals surface area contributed by atoms with Crippen molar-refractivity contribution in [2.75, 3.05) is 20.2 Å². The molecule has 0 radical (unpaired) electrons. The predicted molar refractivity (Wildman–Crippen MR) is 81.9 cm³/mol. The summed E-state index contributed by atoms with van der Waals surface area (Å²) in [5.74, 6) is 1.34. The highest BCUT2D eigenvalue weighted by molar-refractivity contribution is 5.15. The van der Waals surface area contributed by atoms with Gasteiger partial charge in [-0.05, 0) is 18.4 Å². The molecule has 20 heavy (non-hydrogen) atoms. The van der Waals surface area contributed by atoms with E-state index in [-0.39, 0.29) is 0 Å². The van der Waals surface area contributed by atoms with Crippen molar-refractivity contribution in [2.24, 2.45) is 5.92 Å². The molecule has 1 aromatic heterocycles. The molecule has 1 aromatic rings. The van der Waals surface area contributed by atoms with Gasteiger partial charge in [-0.3, -0.25) is 4.90 Å². The summed E-state index contributed by atoms with van der Waals surface area (Å²) in [6.07, 6.45) is 1.17. The van der Waals surface area contributed by atoms with Crippen molar-refractivity contribution in [3.8, 4) is 5.88 Å². The van der Waals surface area contributed by atoms with E-state index in [1.54, 1.807) is 7.11 Å². The van der Waals surface area contributed by atoms with Crippen molar-refractivity contribution in [2.45, 2.75) is 45.8 Å². The van der Waals surface area contributed by atoms with Crippen LogP contribution in [0.4, 0.5) is 0 Å². The van der Waals surface area contributed by atoms with Crippen LogP contribution >= 0.6 is 0 Å². The molecule has 0 spiro atoms. The van der Waals surface area contributed by atoms with Gasteiger partial charge < -0.3 is 10.1 Å². The van der Waals surface area contributed by atoms with Crippen molar-refractivity contribution in [1.82, 2.24) is 15.2 Å². The molecule has 0 bridgehead atoms. The highest BCUT2D eigenvalue weighted by Crippen LogP contribution is 2.19. The number of pyridine rings is 1. The maximum absolute atomic E-state index is 5.22. The molecule has 0 amide bonds. The monoisotopic (exact) mass is 277 g/mol. The maximum Gasteiger partial charge on any atom is 0.213 e. The Morgan fingerprint density at radius 3 is 2.90 bits per heavy atom. The van der Waals surface area contributed by atoms with Gasteiger partial charge >= 0.3 is 0 Å². The van der Waals surface area contributed by atoms with E-state index in [1.807, 2.05) is 12.1 Å². The number of piperazine rings is 1. The Morgan fingerprint density at radius 2 is 2.25 bits per heavy atom. The third-order valence-corrected chi connectivity index (χ3v) is 4.16. The molecule has 0 saturated carbocycles. The molecule has 2 rings (SSSR count). The van der Waals surface area contributed by atoms with E-state index in [0.29, 0.717) is 23.9 Å². The lowest BCUT2D eigenvalue weighted by Crippen LogP contribution is -2.57. The molecular formula is C16H27N3O. The molecule has 2 unspecified atom stereocenters. The Balaban J connectivity index is 2.09. The number of nitrogens with zero attached hydrogens (tertiary/aromatic N) is 2. The van der Waals surface area contributed by atoms with Gasteiger partial charge in [0.05, 0.1) is 12.8 Å². The molecule has 1 aliphatic heterocycles. The minimum absolute atomic E-state index is 0.575. The van der Waals surface area contributed by atoms with Gasteiger partial charge in [-0.1, -0.05) is 26.8 Å². The number of ether oxygens (including phenoxy) is 1. The van der Waals surface area contributed by atoms with Crippen LogP contribution in [0.2, 0.25) is 0 Å². The van der Waals surface area contributed by atoms with E-state index in [2.05, 4.69) is 42.0 Å². The number of nitrogens with one attached hydrogen (secondary N) is 1. The molecule has 112 valence electrons. The molecule has 0 aliphatic carbocycles. The van der Waals surface area contributed by atoms with Crippen LogP contribution in [0.1, 0.15) is 32.9 Å². The van der Waals surface area contributed by atoms with E-state index in [1.165, 1.54) is 6.42 Å². The van der Waals surface area contributed by atoms with E-state index < -0.39 is 0 Å². The summed E-state index contributed by atoms with van der Waals surface area (Å²) in [7, 11) is 1.67. The van der Waals surface area contributed by atoms with Crippen LogP contribution in [0, 0.1) is 5.92 Å². The van der Waals surface area contributed by atoms with Crippen molar-refractivity contribution in [1.29, 1.82) is 0 Å². The molecule has 1 N–H and O–H groups in total. The van der Waals surface area contributed by atoms with E-state index in [9.17, 15) is 0 Å². The lowest BCUT2D eigenvalue weighted by molar-refractivity contribution is 0.0886. The summed E-state index contributed by atoms with van der Waals surface area (Å²) in [4.78, 5) is 7.11. The second-order valence-electron chi connectivity index (χ2n) is 5.93. The minimum atomic E-state index is 0.575. The highest BCUT2D eigenvalue weighted by Gasteiger charge is 2.29. The lowest BCUT2D eigenvalue weighted by atomic mass is 9.97. The van der Waals surface area contributed by atoms with Crippen molar-refractivity contribution >= 4 is 0 Å². The Labute approximate surface area is 122 Å². The number of hydrogen-bond donors (Lipinski definition) is 1. The van der Waals surface area contributed by atoms with Gasteiger partial charge in [0.2, 0.25) is 5.88 Å². The highest BCUT2D eigenvalue weighted by atomic mass is 16.5. The van der Waals surface area contributed by atoms with Gasteiger partial charge in [-0.2, -0.15) is 0 Å². The van der Waals surface area contributed by atoms with Crippen molar-refractivity contribution < 1.29 is 4.74 Å². The summed E-state index contributed by atoms with van der Waals surface area (Å²) >= 11 is 0. The fourth-order valence-electron chi connectivity index (χ4n) is 2.88. The fraction of sp³-hybridized carbons (Fsp3) is 0.688. The summed E-state index contributed by atoms with van der Waals surface area (Å²) in [6, 6.07) is 7.17. The zero-order valence-electron chi connectivity index (χ0n) is 13.1. The van der Waals surface area contributed by atoms with Crippen LogP contribution in [0.15, 0.2) is 18.2 Å². The number of methoxy groups -OCH3 is 1. The number of aromatic nitrogens is 1. The topological polar surface area (TPSA) is 37.4 Å². The summed E-state index contributed by atoms with van der Waals surface area (Å²) < 4.78 is 5.22. The van der Waals surface area contributed by atoms with Crippen molar-refractivity contribution in [3.63, 3.8) is 0 Å². The normalized spacial score (nSPS) is 24.1. The smallest absolute Gasteiger partial charge is 0.213 e. The quantitative estimate of drug-likeness (QED) is 0.896. The Bertz CT molecular complexity index is 422. The van der Waals surface area contributed by atoms with Gasteiger partial charge in [0.15, 0.2) is 0 Å². The first-order valence-corrected chi connectivity index (χ1v) is 7.61. The third-order valence-electron chi connectivity index (χ3n) is 4.16. The van der Waals surface area contributed by atoms with Crippen LogP contribution in [-0.4, -0.2) is 42.2 Å². The van der Waals surface area contributed by atoms with Gasteiger partial charge in [0, 0.05) is 37.8 Å². The van der Waals surface area contributed by atoms with Crippen molar-refractivity contribution in [3.05, 3.63) is 23.9 Å². The average Bonchev–Trinajstić information content (AvgIpc) is 2.47. The maximum atomic E-state index is 5.22. The predicted octanol–water partition coefficient (Wildman–Crippen LogP) is 2.30. The fourth-order valence-corrected chi connectivity index (χ4v) is 2.88. The zero-order valence-corrected chi connectivity index (χ0v) is 13.1. The second kappa shape index (κ2) is 7.04. The largest absolute Gasteiger partial charge is 0.481 e. The zero-order chi connectivity index (χ0) is 14.5. The number of rotatable bonds is 5. The van der Waals surface area contributed by atoms with Crippen LogP contribution in [0.25, 0.3) is 0 Å². The standard InChI is InChI=1S/C16H27N3O/c1-5-13-10-19(15(9-17-13)12(2)3)11-14-7-6-8-16(18-14)20-4/h6-8,12-13,15,17H,5,9-11H2,1-4H3. The van der Waals surface area contributed by atoms with E-state index in [4.69, 9.17) is 4.74 Å². The van der Waals surface area contributed by atoms with Crippen LogP contribution < -0.4 is 10.1 Å². The van der Waals surface area contributed by atoms with E-state index >= 15 is 0 Å². The average molecular weight is 277 g/mol. The van der Waals surface area contributed by atoms with Gasteiger partial charge in [-0.25, -0.2) is 4.98 Å². The summed E-state index contributed by atoms with van der Waals surface area (Å²) in [5, 5.41) is 3.65. The molecule has 1 aliphatic rings. The molecule has 1 fully saturated rings. The van der Waals surface area contributed by atoms with Crippen LogP contribution in [0.3, 0.4) is 0 Å². The first-order valence-electron chi connectivity index (χ1n) is 7.61. The second-order valence-corrected chi connectivity index (χ2v) is 5.93. The van der Waals surface area contributed by atoms with E-state index in [0.717, 1.165) is 25.3 Å². The van der Waals surface area contributed by atoms with Crippen LogP contribution in [-0.2, 0) is 6.54 Å². The summed E-state index contributed by atoms with van der Waals surface area (Å²) in [6.45, 7) is 9.90. The van der Waals surface area contributed by atoms with Gasteiger partial charge in [0.25, 0.3) is 0 Å². The molecule has 1 saturated heterocycles. The molecule has 2 heterocycles. The molecule has 4 nitrogen and oxygen atoms in total.